The summed E-state index contributed by atoms with van der Waals surface area (Å²) in [7, 11) is 0. The van der Waals surface area contributed by atoms with E-state index >= 15 is 0 Å². The van der Waals surface area contributed by atoms with Crippen molar-refractivity contribution >= 4 is 5.97 Å². The number of carbonyl (C=O) groups is 1. The quantitative estimate of drug-likeness (QED) is 0.312. The molecule has 3 rings (SSSR count). The van der Waals surface area contributed by atoms with Gasteiger partial charge in [-0.3, -0.25) is 4.79 Å². The number of carboxylic acids is 1. The SMILES string of the molecule is CC(C)CC(C(=O)O)c1cc(-c2ccc(C(F)(F)F)cc2)nc(-c2cc(F)c(F)c(F)c2)c1. The fourth-order valence-corrected chi connectivity index (χ4v) is 3.43. The molecule has 0 aliphatic heterocycles. The van der Waals surface area contributed by atoms with Gasteiger partial charge in [-0.25, -0.2) is 18.2 Å². The molecule has 0 saturated carbocycles. The minimum atomic E-state index is -4.55. The third-order valence-corrected chi connectivity index (χ3v) is 5.04. The summed E-state index contributed by atoms with van der Waals surface area (Å²) in [6, 6.07) is 8.24. The topological polar surface area (TPSA) is 50.2 Å². The summed E-state index contributed by atoms with van der Waals surface area (Å²) >= 11 is 0. The molecule has 0 aliphatic carbocycles. The number of hydrogen-bond donors (Lipinski definition) is 1. The van der Waals surface area contributed by atoms with Gasteiger partial charge in [-0.2, -0.15) is 13.2 Å². The van der Waals surface area contributed by atoms with Crippen molar-refractivity contribution in [2.75, 3.05) is 0 Å². The Bertz CT molecular complexity index is 1150. The Labute approximate surface area is 185 Å². The lowest BCUT2D eigenvalue weighted by molar-refractivity contribution is -0.139. The molecule has 0 aliphatic rings. The van der Waals surface area contributed by atoms with Crippen LogP contribution in [0.1, 0.15) is 37.3 Å². The Balaban J connectivity index is 2.21. The van der Waals surface area contributed by atoms with E-state index in [0.717, 1.165) is 24.3 Å². The zero-order valence-corrected chi connectivity index (χ0v) is 17.6. The Hall–Kier alpha value is -3.36. The number of pyridine rings is 1. The van der Waals surface area contributed by atoms with Gasteiger partial charge in [0, 0.05) is 11.1 Å². The number of benzene rings is 2. The summed E-state index contributed by atoms with van der Waals surface area (Å²) in [6.07, 6.45) is -4.31. The molecule has 3 aromatic rings. The van der Waals surface area contributed by atoms with E-state index in [1.807, 2.05) is 13.8 Å². The first-order chi connectivity index (χ1) is 15.4. The Kier molecular flexibility index (Phi) is 6.81. The lowest BCUT2D eigenvalue weighted by Crippen LogP contribution is -2.14. The zero-order chi connectivity index (χ0) is 24.5. The summed E-state index contributed by atoms with van der Waals surface area (Å²) in [5.74, 6) is -6.74. The summed E-state index contributed by atoms with van der Waals surface area (Å²) in [5.41, 5.74) is -0.473. The lowest BCUT2D eigenvalue weighted by atomic mass is 9.89. The molecule has 0 bridgehead atoms. The maximum absolute atomic E-state index is 13.8. The highest BCUT2D eigenvalue weighted by Crippen LogP contribution is 2.34. The summed E-state index contributed by atoms with van der Waals surface area (Å²) in [5, 5.41) is 9.73. The molecule has 174 valence electrons. The number of halogens is 6. The Morgan fingerprint density at radius 1 is 0.909 bits per heavy atom. The second kappa shape index (κ2) is 9.25. The Morgan fingerprint density at radius 3 is 1.88 bits per heavy atom. The highest BCUT2D eigenvalue weighted by molar-refractivity contribution is 5.78. The average Bonchev–Trinajstić information content (AvgIpc) is 2.74. The number of alkyl halides is 3. The highest BCUT2D eigenvalue weighted by Gasteiger charge is 2.30. The van der Waals surface area contributed by atoms with Gasteiger partial charge in [-0.1, -0.05) is 26.0 Å². The van der Waals surface area contributed by atoms with Crippen LogP contribution in [0.2, 0.25) is 0 Å². The summed E-state index contributed by atoms with van der Waals surface area (Å²) < 4.78 is 79.8. The van der Waals surface area contributed by atoms with Crippen molar-refractivity contribution < 1.29 is 36.2 Å². The van der Waals surface area contributed by atoms with Crippen LogP contribution in [0.25, 0.3) is 22.5 Å². The number of aromatic nitrogens is 1. The Morgan fingerprint density at radius 2 is 1.42 bits per heavy atom. The monoisotopic (exact) mass is 467 g/mol. The average molecular weight is 467 g/mol. The first-order valence-electron chi connectivity index (χ1n) is 9.94. The molecular weight excluding hydrogens is 448 g/mol. The van der Waals surface area contributed by atoms with Crippen molar-refractivity contribution in [2.45, 2.75) is 32.4 Å². The predicted molar refractivity (Wildman–Crippen MR) is 110 cm³/mol. The van der Waals surface area contributed by atoms with Crippen LogP contribution in [-0.2, 0) is 11.0 Å². The highest BCUT2D eigenvalue weighted by atomic mass is 19.4. The van der Waals surface area contributed by atoms with E-state index in [9.17, 15) is 36.2 Å². The van der Waals surface area contributed by atoms with Gasteiger partial charge >= 0.3 is 12.1 Å². The van der Waals surface area contributed by atoms with Gasteiger partial charge in [0.05, 0.1) is 22.9 Å². The van der Waals surface area contributed by atoms with Crippen LogP contribution in [0, 0.1) is 23.4 Å². The molecule has 1 heterocycles. The molecule has 33 heavy (non-hydrogen) atoms. The van der Waals surface area contributed by atoms with Gasteiger partial charge in [0.25, 0.3) is 0 Å². The second-order valence-corrected chi connectivity index (χ2v) is 8.02. The maximum atomic E-state index is 13.8. The third kappa shape index (κ3) is 5.53. The molecule has 1 unspecified atom stereocenters. The smallest absolute Gasteiger partial charge is 0.416 e. The molecule has 3 nitrogen and oxygen atoms in total. The molecular formula is C24H19F6NO2. The fourth-order valence-electron chi connectivity index (χ4n) is 3.43. The summed E-state index contributed by atoms with van der Waals surface area (Å²) in [6.45, 7) is 3.64. The normalized spacial score (nSPS) is 12.8. The minimum Gasteiger partial charge on any atom is -0.481 e. The van der Waals surface area contributed by atoms with Crippen molar-refractivity contribution in [1.82, 2.24) is 4.98 Å². The van der Waals surface area contributed by atoms with Gasteiger partial charge in [0.1, 0.15) is 0 Å². The molecule has 0 saturated heterocycles. The second-order valence-electron chi connectivity index (χ2n) is 8.02. The lowest BCUT2D eigenvalue weighted by Gasteiger charge is -2.18. The van der Waals surface area contributed by atoms with E-state index in [4.69, 9.17) is 0 Å². The molecule has 1 aromatic heterocycles. The van der Waals surface area contributed by atoms with Crippen LogP contribution in [0.3, 0.4) is 0 Å². The van der Waals surface area contributed by atoms with Gasteiger partial charge in [-0.15, -0.1) is 0 Å². The minimum absolute atomic E-state index is 0.0158. The number of hydrogen-bond acceptors (Lipinski definition) is 2. The van der Waals surface area contributed by atoms with Crippen molar-refractivity contribution in [2.24, 2.45) is 5.92 Å². The van der Waals surface area contributed by atoms with Crippen LogP contribution in [0.5, 0.6) is 0 Å². The van der Waals surface area contributed by atoms with Crippen molar-refractivity contribution in [3.63, 3.8) is 0 Å². The largest absolute Gasteiger partial charge is 0.481 e. The van der Waals surface area contributed by atoms with Crippen LogP contribution < -0.4 is 0 Å². The summed E-state index contributed by atoms with van der Waals surface area (Å²) in [4.78, 5) is 16.2. The molecule has 0 radical (unpaired) electrons. The molecule has 0 amide bonds. The van der Waals surface area contributed by atoms with Crippen LogP contribution >= 0.6 is 0 Å². The number of aliphatic carboxylic acids is 1. The number of rotatable bonds is 6. The van der Waals surface area contributed by atoms with E-state index < -0.39 is 41.1 Å². The van der Waals surface area contributed by atoms with Gasteiger partial charge in [0.2, 0.25) is 0 Å². The molecule has 1 atom stereocenters. The molecule has 0 spiro atoms. The molecule has 1 N–H and O–H groups in total. The number of nitrogens with zero attached hydrogens (tertiary/aromatic N) is 1. The number of carboxylic acid groups (broad SMARTS) is 1. The first kappa shape index (κ1) is 24.3. The van der Waals surface area contributed by atoms with Crippen molar-refractivity contribution in [1.29, 1.82) is 0 Å². The van der Waals surface area contributed by atoms with Crippen LogP contribution in [0.15, 0.2) is 48.5 Å². The van der Waals surface area contributed by atoms with E-state index in [1.54, 1.807) is 0 Å². The van der Waals surface area contributed by atoms with Crippen molar-refractivity contribution in [3.05, 3.63) is 77.1 Å². The van der Waals surface area contributed by atoms with Crippen molar-refractivity contribution in [3.8, 4) is 22.5 Å². The van der Waals surface area contributed by atoms with Crippen LogP contribution in [-0.4, -0.2) is 16.1 Å². The van der Waals surface area contributed by atoms with Gasteiger partial charge < -0.3 is 5.11 Å². The van der Waals surface area contributed by atoms with E-state index in [2.05, 4.69) is 4.98 Å². The van der Waals surface area contributed by atoms with E-state index in [0.29, 0.717) is 0 Å². The predicted octanol–water partition coefficient (Wildman–Crippen LogP) is 7.07. The third-order valence-electron chi connectivity index (χ3n) is 5.04. The van der Waals surface area contributed by atoms with E-state index in [-0.39, 0.29) is 40.4 Å². The van der Waals surface area contributed by atoms with E-state index in [1.165, 1.54) is 24.3 Å². The maximum Gasteiger partial charge on any atom is 0.416 e. The molecule has 0 fully saturated rings. The molecule has 2 aromatic carbocycles. The standard InChI is InChI=1S/C24H19F6NO2/c1-12(2)7-17(23(32)33)14-10-20(13-3-5-16(6-4-13)24(28,29)30)31-21(11-14)15-8-18(25)22(27)19(26)9-15/h3-6,8-12,17H,7H2,1-2H3,(H,32,33). The van der Waals surface area contributed by atoms with Crippen LogP contribution in [0.4, 0.5) is 26.3 Å². The zero-order valence-electron chi connectivity index (χ0n) is 17.6. The fraction of sp³-hybridized carbons (Fsp3) is 0.250. The first-order valence-corrected chi connectivity index (χ1v) is 9.94. The van der Waals surface area contributed by atoms with Gasteiger partial charge in [0.15, 0.2) is 17.5 Å². The molecule has 9 heteroatoms. The van der Waals surface area contributed by atoms with Gasteiger partial charge in [-0.05, 0) is 54.3 Å².